The van der Waals surface area contributed by atoms with E-state index in [0.717, 1.165) is 45.5 Å². The van der Waals surface area contributed by atoms with Gasteiger partial charge in [-0.05, 0) is 73.7 Å². The van der Waals surface area contributed by atoms with Gasteiger partial charge in [0.1, 0.15) is 0 Å². The maximum atomic E-state index is 6.36. The van der Waals surface area contributed by atoms with Crippen molar-refractivity contribution in [3.8, 4) is 0 Å². The third kappa shape index (κ3) is 3.39. The molecule has 0 unspecified atom stereocenters. The second kappa shape index (κ2) is 6.58. The Morgan fingerprint density at radius 2 is 1.92 bits per heavy atom. The maximum absolute atomic E-state index is 6.36. The fraction of sp³-hybridized carbons (Fsp3) is 0.818. The molecule has 0 aromatic heterocycles. The SMILES string of the molecule is C[C@H]1[C@@H]2CCC3=C(CCC4(C3)OCCO4)C2=CC[C@]1(C)CO[Si](C)(C)C. The fourth-order valence-corrected chi connectivity index (χ4v) is 6.20. The molecule has 3 aliphatic carbocycles. The Morgan fingerprint density at radius 1 is 1.19 bits per heavy atom. The van der Waals surface area contributed by atoms with Gasteiger partial charge in [0.15, 0.2) is 14.1 Å². The van der Waals surface area contributed by atoms with E-state index >= 15 is 0 Å². The molecule has 1 aliphatic heterocycles. The van der Waals surface area contributed by atoms with E-state index in [9.17, 15) is 0 Å². The molecular weight excluding hydrogens is 340 g/mol. The molecule has 0 amide bonds. The number of fused-ring (bicyclic) bond motifs is 2. The standard InChI is InChI=1S/C22H36O3Si/c1-16-18-7-6-17-14-22(23-12-13-24-22)11-9-19(17)20(18)8-10-21(16,2)15-25-26(3,4)5/h8,16,18H,6-7,9-15H2,1-5H3/t16-,18-,21+/m0/s1. The molecule has 1 fully saturated rings. The molecule has 3 nitrogen and oxygen atoms in total. The van der Waals surface area contributed by atoms with E-state index < -0.39 is 8.32 Å². The lowest BCUT2D eigenvalue weighted by Crippen LogP contribution is -2.43. The molecule has 0 aromatic carbocycles. The summed E-state index contributed by atoms with van der Waals surface area (Å²) >= 11 is 0. The van der Waals surface area contributed by atoms with Crippen molar-refractivity contribution >= 4 is 8.32 Å². The zero-order valence-electron chi connectivity index (χ0n) is 17.3. The molecule has 0 aromatic rings. The second-order valence-corrected chi connectivity index (χ2v) is 14.7. The average Bonchev–Trinajstić information content (AvgIpc) is 3.03. The summed E-state index contributed by atoms with van der Waals surface area (Å²) in [5, 5.41) is 0. The third-order valence-corrected chi connectivity index (χ3v) is 8.32. The van der Waals surface area contributed by atoms with Crippen LogP contribution in [0.15, 0.2) is 22.8 Å². The zero-order valence-corrected chi connectivity index (χ0v) is 18.3. The van der Waals surface area contributed by atoms with E-state index in [1.165, 1.54) is 12.8 Å². The van der Waals surface area contributed by atoms with Crippen molar-refractivity contribution in [3.63, 3.8) is 0 Å². The highest BCUT2D eigenvalue weighted by Crippen LogP contribution is 2.54. The molecule has 1 heterocycles. The van der Waals surface area contributed by atoms with Crippen LogP contribution in [0.1, 0.15) is 52.4 Å². The Bertz CT molecular complexity index is 624. The van der Waals surface area contributed by atoms with Gasteiger partial charge < -0.3 is 13.9 Å². The molecular formula is C22H36O3Si. The van der Waals surface area contributed by atoms with E-state index in [0.29, 0.717) is 11.8 Å². The smallest absolute Gasteiger partial charge is 0.183 e. The normalized spacial score (nSPS) is 36.7. The van der Waals surface area contributed by atoms with E-state index in [-0.39, 0.29) is 11.2 Å². The van der Waals surface area contributed by atoms with Crippen molar-refractivity contribution < 1.29 is 13.9 Å². The molecule has 1 spiro atoms. The van der Waals surface area contributed by atoms with E-state index in [1.807, 2.05) is 0 Å². The molecule has 1 saturated heterocycles. The first-order chi connectivity index (χ1) is 12.2. The van der Waals surface area contributed by atoms with Gasteiger partial charge in [-0.3, -0.25) is 0 Å². The van der Waals surface area contributed by atoms with Crippen LogP contribution in [-0.2, 0) is 13.9 Å². The highest BCUT2D eigenvalue weighted by molar-refractivity contribution is 6.69. The van der Waals surface area contributed by atoms with E-state index in [4.69, 9.17) is 13.9 Å². The van der Waals surface area contributed by atoms with Gasteiger partial charge in [0.2, 0.25) is 0 Å². The van der Waals surface area contributed by atoms with Crippen LogP contribution < -0.4 is 0 Å². The van der Waals surface area contributed by atoms with Crippen LogP contribution in [0.2, 0.25) is 19.6 Å². The van der Waals surface area contributed by atoms with E-state index in [1.54, 1.807) is 16.7 Å². The number of allylic oxidation sites excluding steroid dienone is 3. The minimum Gasteiger partial charge on any atom is -0.417 e. The summed E-state index contributed by atoms with van der Waals surface area (Å²) in [5.74, 6) is 1.10. The number of ether oxygens (including phenoxy) is 2. The van der Waals surface area contributed by atoms with E-state index in [2.05, 4.69) is 39.6 Å². The summed E-state index contributed by atoms with van der Waals surface area (Å²) in [5.41, 5.74) is 5.22. The number of rotatable bonds is 3. The first kappa shape index (κ1) is 18.9. The van der Waals surface area contributed by atoms with Crippen molar-refractivity contribution in [2.24, 2.45) is 17.3 Å². The van der Waals surface area contributed by atoms with Gasteiger partial charge in [-0.15, -0.1) is 0 Å². The van der Waals surface area contributed by atoms with Crippen molar-refractivity contribution in [3.05, 3.63) is 22.8 Å². The molecule has 26 heavy (non-hydrogen) atoms. The molecule has 4 rings (SSSR count). The molecule has 0 N–H and O–H groups in total. The summed E-state index contributed by atoms with van der Waals surface area (Å²) in [6, 6.07) is 0. The highest BCUT2D eigenvalue weighted by Gasteiger charge is 2.47. The molecule has 4 aliphatic rings. The molecule has 0 radical (unpaired) electrons. The average molecular weight is 377 g/mol. The summed E-state index contributed by atoms with van der Waals surface area (Å²) in [7, 11) is -1.47. The first-order valence-corrected chi connectivity index (χ1v) is 14.0. The fourth-order valence-electron chi connectivity index (χ4n) is 5.43. The molecule has 0 bridgehead atoms. The second-order valence-electron chi connectivity index (χ2n) is 10.2. The van der Waals surface area contributed by atoms with Crippen molar-refractivity contribution in [2.45, 2.75) is 77.8 Å². The van der Waals surface area contributed by atoms with Crippen LogP contribution in [0, 0.1) is 17.3 Å². The summed E-state index contributed by atoms with van der Waals surface area (Å²) in [6.45, 7) is 14.3. The minimum atomic E-state index is -1.47. The maximum Gasteiger partial charge on any atom is 0.183 e. The van der Waals surface area contributed by atoms with Crippen LogP contribution in [0.4, 0.5) is 0 Å². The Morgan fingerprint density at radius 3 is 2.62 bits per heavy atom. The Labute approximate surface area is 160 Å². The summed E-state index contributed by atoms with van der Waals surface area (Å²) in [6.07, 6.45) is 9.38. The predicted octanol–water partition coefficient (Wildman–Crippen LogP) is 5.44. The minimum absolute atomic E-state index is 0.278. The zero-order chi connectivity index (χ0) is 18.6. The first-order valence-electron chi connectivity index (χ1n) is 10.5. The number of hydrogen-bond donors (Lipinski definition) is 0. The Hall–Kier alpha value is -0.423. The quantitative estimate of drug-likeness (QED) is 0.614. The summed E-state index contributed by atoms with van der Waals surface area (Å²) < 4.78 is 18.3. The number of hydrogen-bond acceptors (Lipinski definition) is 3. The van der Waals surface area contributed by atoms with Crippen molar-refractivity contribution in [2.75, 3.05) is 19.8 Å². The lowest BCUT2D eigenvalue weighted by atomic mass is 9.58. The van der Waals surface area contributed by atoms with Crippen LogP contribution in [0.25, 0.3) is 0 Å². The van der Waals surface area contributed by atoms with Gasteiger partial charge in [-0.1, -0.05) is 25.5 Å². The van der Waals surface area contributed by atoms with Gasteiger partial charge in [0.05, 0.1) is 13.2 Å². The topological polar surface area (TPSA) is 27.7 Å². The largest absolute Gasteiger partial charge is 0.417 e. The summed E-state index contributed by atoms with van der Waals surface area (Å²) in [4.78, 5) is 0. The lowest BCUT2D eigenvalue weighted by molar-refractivity contribution is -0.164. The van der Waals surface area contributed by atoms with Crippen molar-refractivity contribution in [1.29, 1.82) is 0 Å². The monoisotopic (exact) mass is 376 g/mol. The van der Waals surface area contributed by atoms with Gasteiger partial charge in [-0.25, -0.2) is 0 Å². The molecule has 146 valence electrons. The van der Waals surface area contributed by atoms with Crippen LogP contribution >= 0.6 is 0 Å². The molecule has 3 atom stereocenters. The van der Waals surface area contributed by atoms with Crippen molar-refractivity contribution in [1.82, 2.24) is 0 Å². The van der Waals surface area contributed by atoms with Crippen LogP contribution in [0.5, 0.6) is 0 Å². The molecule has 4 heteroatoms. The third-order valence-electron chi connectivity index (χ3n) is 7.31. The lowest BCUT2D eigenvalue weighted by Gasteiger charge is -2.49. The Kier molecular flexibility index (Phi) is 4.79. The van der Waals surface area contributed by atoms with Gasteiger partial charge in [-0.2, -0.15) is 0 Å². The van der Waals surface area contributed by atoms with Gasteiger partial charge in [0.25, 0.3) is 0 Å². The van der Waals surface area contributed by atoms with Gasteiger partial charge in [0, 0.05) is 19.4 Å². The predicted molar refractivity (Wildman–Crippen MR) is 108 cm³/mol. The Balaban J connectivity index is 1.55. The highest BCUT2D eigenvalue weighted by atomic mass is 28.4. The van der Waals surface area contributed by atoms with Crippen LogP contribution in [-0.4, -0.2) is 33.9 Å². The van der Waals surface area contributed by atoms with Crippen LogP contribution in [0.3, 0.4) is 0 Å². The van der Waals surface area contributed by atoms with Gasteiger partial charge >= 0.3 is 0 Å². The molecule has 0 saturated carbocycles.